The maximum absolute atomic E-state index is 4.46. The average Bonchev–Trinajstić information content (AvgIpc) is 2.85. The molecule has 1 atom stereocenters. The van der Waals surface area contributed by atoms with E-state index in [9.17, 15) is 0 Å². The second-order valence-corrected chi connectivity index (χ2v) is 5.24. The SMILES string of the molecule is CCCNc1ncccc1CN1CCC(CC)C1. The van der Waals surface area contributed by atoms with Crippen LogP contribution in [0, 0.1) is 5.92 Å². The first kappa shape index (κ1) is 13.3. The Hall–Kier alpha value is -1.09. The first-order chi connectivity index (χ1) is 8.83. The Bertz CT molecular complexity index is 365. The lowest BCUT2D eigenvalue weighted by Crippen LogP contribution is -2.21. The molecule has 0 amide bonds. The van der Waals surface area contributed by atoms with Crippen molar-refractivity contribution in [3.05, 3.63) is 23.9 Å². The van der Waals surface area contributed by atoms with Gasteiger partial charge in [0, 0.05) is 31.4 Å². The van der Waals surface area contributed by atoms with Crippen LogP contribution >= 0.6 is 0 Å². The lowest BCUT2D eigenvalue weighted by Gasteiger charge is -2.18. The molecule has 1 unspecified atom stereocenters. The summed E-state index contributed by atoms with van der Waals surface area (Å²) in [5.74, 6) is 1.97. The van der Waals surface area contributed by atoms with Gasteiger partial charge in [0.15, 0.2) is 0 Å². The molecule has 1 saturated heterocycles. The number of hydrogen-bond acceptors (Lipinski definition) is 3. The number of rotatable bonds is 6. The molecular formula is C15H25N3. The van der Waals surface area contributed by atoms with E-state index in [4.69, 9.17) is 0 Å². The van der Waals surface area contributed by atoms with Crippen LogP contribution in [-0.4, -0.2) is 29.5 Å². The fourth-order valence-electron chi connectivity index (χ4n) is 2.60. The van der Waals surface area contributed by atoms with E-state index in [1.807, 2.05) is 12.3 Å². The van der Waals surface area contributed by atoms with Gasteiger partial charge in [-0.15, -0.1) is 0 Å². The van der Waals surface area contributed by atoms with Gasteiger partial charge in [-0.3, -0.25) is 4.90 Å². The highest BCUT2D eigenvalue weighted by atomic mass is 15.1. The van der Waals surface area contributed by atoms with Crippen LogP contribution in [0.5, 0.6) is 0 Å². The molecule has 0 aromatic carbocycles. The molecule has 18 heavy (non-hydrogen) atoms. The molecule has 2 heterocycles. The number of nitrogens with one attached hydrogen (secondary N) is 1. The first-order valence-corrected chi connectivity index (χ1v) is 7.23. The van der Waals surface area contributed by atoms with Crippen molar-refractivity contribution in [2.24, 2.45) is 5.92 Å². The fourth-order valence-corrected chi connectivity index (χ4v) is 2.60. The molecular weight excluding hydrogens is 222 g/mol. The van der Waals surface area contributed by atoms with Gasteiger partial charge >= 0.3 is 0 Å². The molecule has 0 bridgehead atoms. The summed E-state index contributed by atoms with van der Waals surface area (Å²) in [5.41, 5.74) is 1.34. The summed E-state index contributed by atoms with van der Waals surface area (Å²) in [6.45, 7) is 9.01. The molecule has 0 aliphatic carbocycles. The van der Waals surface area contributed by atoms with E-state index < -0.39 is 0 Å². The highest BCUT2D eigenvalue weighted by Gasteiger charge is 2.21. The average molecular weight is 247 g/mol. The van der Waals surface area contributed by atoms with Crippen molar-refractivity contribution >= 4 is 5.82 Å². The molecule has 0 saturated carbocycles. The Kier molecular flexibility index (Phi) is 5.00. The molecule has 0 spiro atoms. The Morgan fingerprint density at radius 1 is 1.44 bits per heavy atom. The van der Waals surface area contributed by atoms with E-state index in [-0.39, 0.29) is 0 Å². The maximum Gasteiger partial charge on any atom is 0.130 e. The molecule has 3 nitrogen and oxygen atoms in total. The minimum Gasteiger partial charge on any atom is -0.370 e. The topological polar surface area (TPSA) is 28.2 Å². The van der Waals surface area contributed by atoms with Crippen molar-refractivity contribution in [1.29, 1.82) is 0 Å². The van der Waals surface area contributed by atoms with E-state index >= 15 is 0 Å². The summed E-state index contributed by atoms with van der Waals surface area (Å²) < 4.78 is 0. The van der Waals surface area contributed by atoms with Crippen LogP contribution < -0.4 is 5.32 Å². The van der Waals surface area contributed by atoms with Crippen LogP contribution in [0.25, 0.3) is 0 Å². The third-order valence-corrected chi connectivity index (χ3v) is 3.77. The first-order valence-electron chi connectivity index (χ1n) is 7.23. The van der Waals surface area contributed by atoms with Crippen molar-refractivity contribution in [2.75, 3.05) is 25.0 Å². The van der Waals surface area contributed by atoms with Gasteiger partial charge in [0.25, 0.3) is 0 Å². The molecule has 1 aromatic heterocycles. The largest absolute Gasteiger partial charge is 0.370 e. The quantitative estimate of drug-likeness (QED) is 0.837. The van der Waals surface area contributed by atoms with Gasteiger partial charge in [0.1, 0.15) is 5.82 Å². The normalized spacial score (nSPS) is 20.2. The summed E-state index contributed by atoms with van der Waals surface area (Å²) in [5, 5.41) is 3.42. The molecule has 100 valence electrons. The number of likely N-dealkylation sites (tertiary alicyclic amines) is 1. The summed E-state index contributed by atoms with van der Waals surface area (Å²) in [4.78, 5) is 7.02. The summed E-state index contributed by atoms with van der Waals surface area (Å²) in [6, 6.07) is 4.24. The lowest BCUT2D eigenvalue weighted by atomic mass is 10.1. The standard InChI is InChI=1S/C15H25N3/c1-3-8-16-15-14(6-5-9-17-15)12-18-10-7-13(4-2)11-18/h5-6,9,13H,3-4,7-8,10-12H2,1-2H3,(H,16,17). The van der Waals surface area contributed by atoms with Gasteiger partial charge in [0.2, 0.25) is 0 Å². The Labute approximate surface area is 111 Å². The second-order valence-electron chi connectivity index (χ2n) is 5.24. The predicted molar refractivity (Wildman–Crippen MR) is 76.7 cm³/mol. The molecule has 1 aliphatic rings. The van der Waals surface area contributed by atoms with Crippen LogP contribution in [0.1, 0.15) is 38.7 Å². The van der Waals surface area contributed by atoms with Crippen LogP contribution in [0.2, 0.25) is 0 Å². The maximum atomic E-state index is 4.46. The van der Waals surface area contributed by atoms with E-state index in [2.05, 4.69) is 35.1 Å². The Morgan fingerprint density at radius 3 is 3.06 bits per heavy atom. The van der Waals surface area contributed by atoms with Gasteiger partial charge in [0.05, 0.1) is 0 Å². The van der Waals surface area contributed by atoms with Gasteiger partial charge in [-0.05, 0) is 31.4 Å². The monoisotopic (exact) mass is 247 g/mol. The zero-order chi connectivity index (χ0) is 12.8. The van der Waals surface area contributed by atoms with Gasteiger partial charge < -0.3 is 5.32 Å². The number of aromatic nitrogens is 1. The lowest BCUT2D eigenvalue weighted by molar-refractivity contribution is 0.315. The summed E-state index contributed by atoms with van der Waals surface area (Å²) in [6.07, 6.45) is 5.68. The van der Waals surface area contributed by atoms with Crippen molar-refractivity contribution in [2.45, 2.75) is 39.7 Å². The van der Waals surface area contributed by atoms with E-state index in [1.54, 1.807) is 0 Å². The van der Waals surface area contributed by atoms with Crippen LogP contribution in [0.15, 0.2) is 18.3 Å². The van der Waals surface area contributed by atoms with Crippen molar-refractivity contribution in [3.63, 3.8) is 0 Å². The van der Waals surface area contributed by atoms with E-state index in [0.29, 0.717) is 0 Å². The number of pyridine rings is 1. The van der Waals surface area contributed by atoms with Crippen molar-refractivity contribution < 1.29 is 0 Å². The van der Waals surface area contributed by atoms with Gasteiger partial charge in [-0.1, -0.05) is 26.3 Å². The van der Waals surface area contributed by atoms with Crippen LogP contribution in [-0.2, 0) is 6.54 Å². The molecule has 0 radical (unpaired) electrons. The zero-order valence-electron chi connectivity index (χ0n) is 11.7. The fraction of sp³-hybridized carbons (Fsp3) is 0.667. The molecule has 3 heteroatoms. The zero-order valence-corrected chi connectivity index (χ0v) is 11.7. The second kappa shape index (κ2) is 6.74. The molecule has 1 aromatic rings. The Balaban J connectivity index is 1.96. The highest BCUT2D eigenvalue weighted by molar-refractivity contribution is 5.43. The molecule has 1 fully saturated rings. The number of nitrogens with zero attached hydrogens (tertiary/aromatic N) is 2. The van der Waals surface area contributed by atoms with Crippen LogP contribution in [0.3, 0.4) is 0 Å². The minimum absolute atomic E-state index is 0.897. The third kappa shape index (κ3) is 3.45. The molecule has 1 aliphatic heterocycles. The molecule has 1 N–H and O–H groups in total. The summed E-state index contributed by atoms with van der Waals surface area (Å²) >= 11 is 0. The smallest absolute Gasteiger partial charge is 0.130 e. The summed E-state index contributed by atoms with van der Waals surface area (Å²) in [7, 11) is 0. The minimum atomic E-state index is 0.897. The van der Waals surface area contributed by atoms with Crippen molar-refractivity contribution in [3.8, 4) is 0 Å². The van der Waals surface area contributed by atoms with E-state index in [1.165, 1.54) is 31.5 Å². The Morgan fingerprint density at radius 2 is 2.33 bits per heavy atom. The highest BCUT2D eigenvalue weighted by Crippen LogP contribution is 2.22. The van der Waals surface area contributed by atoms with E-state index in [0.717, 1.165) is 31.2 Å². The molecule has 2 rings (SSSR count). The van der Waals surface area contributed by atoms with Crippen LogP contribution in [0.4, 0.5) is 5.82 Å². The van der Waals surface area contributed by atoms with Crippen molar-refractivity contribution in [1.82, 2.24) is 9.88 Å². The predicted octanol–water partition coefficient (Wildman–Crippen LogP) is 3.14. The third-order valence-electron chi connectivity index (χ3n) is 3.77. The number of hydrogen-bond donors (Lipinski definition) is 1. The van der Waals surface area contributed by atoms with Gasteiger partial charge in [-0.2, -0.15) is 0 Å². The number of anilines is 1. The van der Waals surface area contributed by atoms with Gasteiger partial charge in [-0.25, -0.2) is 4.98 Å².